The Labute approximate surface area is 165 Å². The molecular weight excluding hydrogens is 454 g/mol. The number of hydroxylamine groups is 2. The van der Waals surface area contributed by atoms with Gasteiger partial charge in [-0.3, -0.25) is 4.84 Å². The number of fused-ring (bicyclic) bond motifs is 1. The zero-order chi connectivity index (χ0) is 17.9. The largest absolute Gasteiger partial charge is 0.374 e. The lowest BCUT2D eigenvalue weighted by atomic mass is 9.98. The van der Waals surface area contributed by atoms with Gasteiger partial charge < -0.3 is 14.2 Å². The summed E-state index contributed by atoms with van der Waals surface area (Å²) in [6, 6.07) is 10.2. The standard InChI is InChI=1S/C18H23Br2NO4/c1-16(2)23-10-13(25-16)15-17(22-3)14(18(17,19)20)11-24-21(15)9-12-7-5-4-6-8-12/h4-8,13-15H,9-11H2,1-3H3/t13-,14?,15-,17?/m1/s1. The van der Waals surface area contributed by atoms with Crippen molar-refractivity contribution in [3.63, 3.8) is 0 Å². The summed E-state index contributed by atoms with van der Waals surface area (Å²) in [6.45, 7) is 5.65. The zero-order valence-corrected chi connectivity index (χ0v) is 17.7. The number of nitrogens with zero attached hydrogens (tertiary/aromatic N) is 1. The van der Waals surface area contributed by atoms with Crippen LogP contribution in [0, 0.1) is 5.92 Å². The molecule has 2 heterocycles. The highest BCUT2D eigenvalue weighted by Gasteiger charge is 2.83. The lowest BCUT2D eigenvalue weighted by Crippen LogP contribution is -2.58. The fraction of sp³-hybridized carbons (Fsp3) is 0.667. The number of rotatable bonds is 4. The third-order valence-electron chi connectivity index (χ3n) is 5.45. The number of hydrogen-bond donors (Lipinski definition) is 0. The number of halogens is 2. The maximum Gasteiger partial charge on any atom is 0.163 e. The third kappa shape index (κ3) is 2.83. The smallest absolute Gasteiger partial charge is 0.163 e. The van der Waals surface area contributed by atoms with Gasteiger partial charge in [-0.1, -0.05) is 62.2 Å². The monoisotopic (exact) mass is 475 g/mol. The molecule has 0 radical (unpaired) electrons. The molecule has 0 spiro atoms. The van der Waals surface area contributed by atoms with Crippen molar-refractivity contribution in [3.05, 3.63) is 35.9 Å². The topological polar surface area (TPSA) is 40.2 Å². The van der Waals surface area contributed by atoms with E-state index in [9.17, 15) is 0 Å². The van der Waals surface area contributed by atoms with E-state index in [1.807, 2.05) is 37.1 Å². The van der Waals surface area contributed by atoms with Gasteiger partial charge in [-0.2, -0.15) is 5.06 Å². The van der Waals surface area contributed by atoms with Crippen LogP contribution in [0.1, 0.15) is 19.4 Å². The van der Waals surface area contributed by atoms with Crippen LogP contribution in [0.3, 0.4) is 0 Å². The molecule has 0 amide bonds. The Morgan fingerprint density at radius 3 is 2.52 bits per heavy atom. The molecule has 5 nitrogen and oxygen atoms in total. The second-order valence-corrected chi connectivity index (χ2v) is 10.9. The first-order valence-electron chi connectivity index (χ1n) is 8.50. The first-order chi connectivity index (χ1) is 11.8. The van der Waals surface area contributed by atoms with Crippen molar-refractivity contribution in [3.8, 4) is 0 Å². The molecule has 0 N–H and O–H groups in total. The summed E-state index contributed by atoms with van der Waals surface area (Å²) in [7, 11) is 1.76. The van der Waals surface area contributed by atoms with Gasteiger partial charge in [0, 0.05) is 19.6 Å². The minimum atomic E-state index is -0.596. The second kappa shape index (κ2) is 6.26. The third-order valence-corrected chi connectivity index (χ3v) is 7.80. The van der Waals surface area contributed by atoms with E-state index in [-0.39, 0.29) is 21.3 Å². The van der Waals surface area contributed by atoms with Crippen LogP contribution < -0.4 is 0 Å². The average molecular weight is 477 g/mol. The fourth-order valence-corrected chi connectivity index (χ4v) is 6.27. The summed E-state index contributed by atoms with van der Waals surface area (Å²) < 4.78 is 17.8. The molecule has 7 heteroatoms. The number of alkyl halides is 2. The van der Waals surface area contributed by atoms with Crippen LogP contribution in [0.4, 0.5) is 0 Å². The van der Waals surface area contributed by atoms with E-state index in [0.29, 0.717) is 19.8 Å². The zero-order valence-electron chi connectivity index (χ0n) is 14.6. The number of benzene rings is 1. The van der Waals surface area contributed by atoms with Crippen LogP contribution in [0.15, 0.2) is 30.3 Å². The predicted molar refractivity (Wildman–Crippen MR) is 100 cm³/mol. The van der Waals surface area contributed by atoms with Gasteiger partial charge in [0.2, 0.25) is 0 Å². The lowest BCUT2D eigenvalue weighted by molar-refractivity contribution is -0.277. The molecule has 0 bridgehead atoms. The van der Waals surface area contributed by atoms with Crippen LogP contribution in [0.25, 0.3) is 0 Å². The molecular formula is C18H23Br2NO4. The molecule has 3 aliphatic rings. The molecule has 138 valence electrons. The van der Waals surface area contributed by atoms with E-state index in [4.69, 9.17) is 19.0 Å². The molecule has 25 heavy (non-hydrogen) atoms. The van der Waals surface area contributed by atoms with Gasteiger partial charge >= 0.3 is 0 Å². The minimum Gasteiger partial charge on any atom is -0.374 e. The number of hydrogen-bond acceptors (Lipinski definition) is 5. The maximum absolute atomic E-state index is 6.21. The summed E-state index contributed by atoms with van der Waals surface area (Å²) in [5.74, 6) is -0.393. The quantitative estimate of drug-likeness (QED) is 0.622. The van der Waals surface area contributed by atoms with Crippen LogP contribution in [0.2, 0.25) is 0 Å². The SMILES string of the molecule is COC12C(CON(Cc3ccccc3)[C@@H]1[C@H]1COC(C)(C)O1)C2(Br)Br. The molecule has 1 aromatic rings. The van der Waals surface area contributed by atoms with Gasteiger partial charge in [-0.05, 0) is 19.4 Å². The first kappa shape index (κ1) is 18.3. The van der Waals surface area contributed by atoms with Gasteiger partial charge in [0.05, 0.1) is 19.3 Å². The van der Waals surface area contributed by atoms with Gasteiger partial charge in [0.15, 0.2) is 5.79 Å². The fourth-order valence-electron chi connectivity index (χ4n) is 4.21. The van der Waals surface area contributed by atoms with E-state index >= 15 is 0 Å². The summed E-state index contributed by atoms with van der Waals surface area (Å²) in [5.41, 5.74) is 0.750. The van der Waals surface area contributed by atoms with Crippen LogP contribution >= 0.6 is 31.9 Å². The van der Waals surface area contributed by atoms with Crippen molar-refractivity contribution in [1.82, 2.24) is 5.06 Å². The Hall–Kier alpha value is -0.0200. The molecule has 1 saturated carbocycles. The highest BCUT2D eigenvalue weighted by molar-refractivity contribution is 9.25. The predicted octanol–water partition coefficient (Wildman–Crippen LogP) is 3.46. The maximum atomic E-state index is 6.21. The number of methoxy groups -OCH3 is 1. The molecule has 4 atom stereocenters. The average Bonchev–Trinajstić information content (AvgIpc) is 2.86. The van der Waals surface area contributed by atoms with Gasteiger partial charge in [0.25, 0.3) is 0 Å². The van der Waals surface area contributed by atoms with Crippen LogP contribution in [0.5, 0.6) is 0 Å². The Balaban J connectivity index is 1.66. The summed E-state index contributed by atoms with van der Waals surface area (Å²) >= 11 is 7.63. The summed E-state index contributed by atoms with van der Waals surface area (Å²) in [4.78, 5) is 6.15. The summed E-state index contributed by atoms with van der Waals surface area (Å²) in [6.07, 6.45) is -0.140. The van der Waals surface area contributed by atoms with E-state index in [1.54, 1.807) is 7.11 Å². The Morgan fingerprint density at radius 1 is 1.20 bits per heavy atom. The molecule has 2 saturated heterocycles. The van der Waals surface area contributed by atoms with Gasteiger partial charge in [-0.15, -0.1) is 0 Å². The van der Waals surface area contributed by atoms with E-state index in [0.717, 1.165) is 0 Å². The molecule has 3 fully saturated rings. The van der Waals surface area contributed by atoms with Gasteiger partial charge in [0.1, 0.15) is 14.9 Å². The first-order valence-corrected chi connectivity index (χ1v) is 10.1. The minimum absolute atomic E-state index is 0.100. The Kier molecular flexibility index (Phi) is 4.59. The van der Waals surface area contributed by atoms with E-state index in [2.05, 4.69) is 44.0 Å². The molecule has 2 unspecified atom stereocenters. The van der Waals surface area contributed by atoms with Crippen molar-refractivity contribution in [2.45, 2.75) is 47.2 Å². The van der Waals surface area contributed by atoms with Crippen molar-refractivity contribution in [2.24, 2.45) is 5.92 Å². The van der Waals surface area contributed by atoms with Crippen molar-refractivity contribution < 1.29 is 19.0 Å². The highest BCUT2D eigenvalue weighted by atomic mass is 79.9. The van der Waals surface area contributed by atoms with Gasteiger partial charge in [-0.25, -0.2) is 0 Å². The lowest BCUT2D eigenvalue weighted by Gasteiger charge is -2.42. The molecule has 2 aliphatic heterocycles. The van der Waals surface area contributed by atoms with Crippen LogP contribution in [-0.2, 0) is 25.6 Å². The summed E-state index contributed by atoms with van der Waals surface area (Å²) in [5, 5.41) is 2.01. The van der Waals surface area contributed by atoms with Crippen molar-refractivity contribution >= 4 is 31.9 Å². The Morgan fingerprint density at radius 2 is 1.92 bits per heavy atom. The Bertz CT molecular complexity index is 641. The highest BCUT2D eigenvalue weighted by Crippen LogP contribution is 2.71. The van der Waals surface area contributed by atoms with Crippen molar-refractivity contribution in [2.75, 3.05) is 20.3 Å². The molecule has 0 aromatic heterocycles. The van der Waals surface area contributed by atoms with E-state index < -0.39 is 11.4 Å². The van der Waals surface area contributed by atoms with E-state index in [1.165, 1.54) is 5.56 Å². The molecule has 1 aliphatic carbocycles. The molecule has 1 aromatic carbocycles. The second-order valence-electron chi connectivity index (χ2n) is 7.34. The number of ether oxygens (including phenoxy) is 3. The molecule has 4 rings (SSSR count). The van der Waals surface area contributed by atoms with Crippen LogP contribution in [-0.4, -0.2) is 52.2 Å². The normalized spacial score (nSPS) is 39.2. The van der Waals surface area contributed by atoms with Crippen molar-refractivity contribution in [1.29, 1.82) is 0 Å².